The molecule has 0 aliphatic carbocycles. The molecule has 2 aromatic rings. The molecule has 29 heavy (non-hydrogen) atoms. The Morgan fingerprint density at radius 2 is 1.90 bits per heavy atom. The summed E-state index contributed by atoms with van der Waals surface area (Å²) in [6.07, 6.45) is 5.41. The van der Waals surface area contributed by atoms with Crippen LogP contribution in [-0.4, -0.2) is 39.3 Å². The Bertz CT molecular complexity index is 855. The van der Waals surface area contributed by atoms with Gasteiger partial charge in [0, 0.05) is 25.4 Å². The van der Waals surface area contributed by atoms with E-state index in [4.69, 9.17) is 4.74 Å². The molecule has 6 heteroatoms. The molecule has 0 radical (unpaired) electrons. The van der Waals surface area contributed by atoms with Gasteiger partial charge in [-0.05, 0) is 64.3 Å². The summed E-state index contributed by atoms with van der Waals surface area (Å²) in [7, 11) is 0. The minimum atomic E-state index is -0.402. The van der Waals surface area contributed by atoms with Crippen molar-refractivity contribution in [3.8, 4) is 5.88 Å². The molecule has 1 aliphatic rings. The van der Waals surface area contributed by atoms with Crippen molar-refractivity contribution < 1.29 is 13.9 Å². The highest BCUT2D eigenvalue weighted by Crippen LogP contribution is 2.33. The predicted molar refractivity (Wildman–Crippen MR) is 111 cm³/mol. The molecule has 0 spiro atoms. The van der Waals surface area contributed by atoms with Crippen molar-refractivity contribution in [3.63, 3.8) is 0 Å². The van der Waals surface area contributed by atoms with Gasteiger partial charge in [-0.25, -0.2) is 9.37 Å². The minimum absolute atomic E-state index is 0.121. The van der Waals surface area contributed by atoms with Crippen molar-refractivity contribution in [2.45, 2.75) is 65.0 Å². The molecule has 1 aliphatic heterocycles. The summed E-state index contributed by atoms with van der Waals surface area (Å²) in [5, 5.41) is 0. The maximum absolute atomic E-state index is 14.3. The topological polar surface area (TPSA) is 55.3 Å². The van der Waals surface area contributed by atoms with Crippen LogP contribution >= 0.6 is 0 Å². The average molecular weight is 400 g/mol. The molecule has 156 valence electrons. The van der Waals surface area contributed by atoms with E-state index in [1.165, 1.54) is 6.07 Å². The molecular formula is C23H30FN3O2. The first kappa shape index (κ1) is 21.4. The predicted octanol–water partition coefficient (Wildman–Crippen LogP) is 4.77. The van der Waals surface area contributed by atoms with E-state index in [2.05, 4.69) is 14.9 Å². The highest BCUT2D eigenvalue weighted by molar-refractivity contribution is 5.97. The molecule has 1 fully saturated rings. The molecule has 0 unspecified atom stereocenters. The van der Waals surface area contributed by atoms with Crippen molar-refractivity contribution in [1.82, 2.24) is 14.9 Å². The van der Waals surface area contributed by atoms with Gasteiger partial charge < -0.3 is 4.74 Å². The van der Waals surface area contributed by atoms with E-state index in [9.17, 15) is 9.18 Å². The van der Waals surface area contributed by atoms with Gasteiger partial charge in [0.2, 0.25) is 5.88 Å². The number of rotatable bonds is 6. The molecule has 1 saturated heterocycles. The number of halogens is 1. The molecule has 1 aromatic heterocycles. The number of ether oxygens (including phenoxy) is 1. The number of piperidine rings is 1. The van der Waals surface area contributed by atoms with Gasteiger partial charge in [0.1, 0.15) is 17.1 Å². The Hall–Kier alpha value is -2.34. The van der Waals surface area contributed by atoms with Gasteiger partial charge in [0.15, 0.2) is 5.78 Å². The number of benzene rings is 1. The van der Waals surface area contributed by atoms with Crippen LogP contribution in [0.15, 0.2) is 30.6 Å². The first-order chi connectivity index (χ1) is 13.8. The molecule has 1 aromatic carbocycles. The van der Waals surface area contributed by atoms with Crippen LogP contribution in [0.3, 0.4) is 0 Å². The molecule has 5 nitrogen and oxygen atoms in total. The van der Waals surface area contributed by atoms with Gasteiger partial charge in [0.05, 0.1) is 5.56 Å². The van der Waals surface area contributed by atoms with Crippen LogP contribution < -0.4 is 4.74 Å². The van der Waals surface area contributed by atoms with Crippen LogP contribution in [0.5, 0.6) is 5.88 Å². The van der Waals surface area contributed by atoms with Crippen LogP contribution in [0.1, 0.15) is 74.5 Å². The summed E-state index contributed by atoms with van der Waals surface area (Å²) < 4.78 is 20.3. The summed E-state index contributed by atoms with van der Waals surface area (Å²) in [4.78, 5) is 23.4. The number of nitrogens with zero attached hydrogens (tertiary/aromatic N) is 3. The largest absolute Gasteiger partial charge is 0.471 e. The zero-order chi connectivity index (χ0) is 21.0. The highest BCUT2D eigenvalue weighted by Gasteiger charge is 2.27. The average Bonchev–Trinajstić information content (AvgIpc) is 2.68. The SMILES string of the molecule is CCC(=O)c1c(F)cccc1C1CCN(Cc2nccnc2OC(C)(C)C)CC1. The number of carbonyl (C=O) groups excluding carboxylic acids is 1. The first-order valence-electron chi connectivity index (χ1n) is 10.3. The number of aromatic nitrogens is 2. The normalized spacial score (nSPS) is 16.0. The fourth-order valence-corrected chi connectivity index (χ4v) is 3.80. The Kier molecular flexibility index (Phi) is 6.63. The van der Waals surface area contributed by atoms with E-state index in [1.54, 1.807) is 25.4 Å². The molecule has 3 rings (SSSR count). The standard InChI is InChI=1S/C23H30FN3O2/c1-5-20(28)21-17(7-6-8-18(21)24)16-9-13-27(14-10-16)15-19-22(26-12-11-25-19)29-23(2,3)4/h6-8,11-12,16H,5,9-10,13-15H2,1-4H3. The number of likely N-dealkylation sites (tertiary alicyclic amines) is 1. The second-order valence-corrected chi connectivity index (χ2v) is 8.55. The van der Waals surface area contributed by atoms with Gasteiger partial charge in [0.25, 0.3) is 0 Å². The summed E-state index contributed by atoms with van der Waals surface area (Å²) in [6.45, 7) is 10.1. The number of Topliss-reactive ketones (excluding diaryl/α,β-unsaturated/α-hetero) is 1. The number of hydrogen-bond acceptors (Lipinski definition) is 5. The Morgan fingerprint density at radius 1 is 1.21 bits per heavy atom. The van der Waals surface area contributed by atoms with Gasteiger partial charge >= 0.3 is 0 Å². The monoisotopic (exact) mass is 399 g/mol. The fourth-order valence-electron chi connectivity index (χ4n) is 3.80. The third-order valence-corrected chi connectivity index (χ3v) is 5.19. The van der Waals surface area contributed by atoms with Crippen LogP contribution in [0.25, 0.3) is 0 Å². The van der Waals surface area contributed by atoms with E-state index < -0.39 is 5.82 Å². The second kappa shape index (κ2) is 8.99. The van der Waals surface area contributed by atoms with Crippen LogP contribution in [0, 0.1) is 5.82 Å². The summed E-state index contributed by atoms with van der Waals surface area (Å²) in [6, 6.07) is 5.00. The highest BCUT2D eigenvalue weighted by atomic mass is 19.1. The molecule has 0 amide bonds. The lowest BCUT2D eigenvalue weighted by molar-refractivity contribution is 0.0981. The molecule has 0 saturated carbocycles. The first-order valence-corrected chi connectivity index (χ1v) is 10.3. The zero-order valence-electron chi connectivity index (χ0n) is 17.7. The van der Waals surface area contributed by atoms with Gasteiger partial charge in [-0.2, -0.15) is 0 Å². The summed E-state index contributed by atoms with van der Waals surface area (Å²) in [5.41, 5.74) is 1.63. The van der Waals surface area contributed by atoms with Crippen molar-refractivity contribution >= 4 is 5.78 Å². The maximum atomic E-state index is 14.3. The molecular weight excluding hydrogens is 369 g/mol. The fraction of sp³-hybridized carbons (Fsp3) is 0.522. The molecule has 0 bridgehead atoms. The number of hydrogen-bond donors (Lipinski definition) is 0. The number of carbonyl (C=O) groups is 1. The van der Waals surface area contributed by atoms with Gasteiger partial charge in [-0.15, -0.1) is 0 Å². The van der Waals surface area contributed by atoms with Gasteiger partial charge in [-0.3, -0.25) is 14.7 Å². The summed E-state index contributed by atoms with van der Waals surface area (Å²) >= 11 is 0. The molecule has 2 heterocycles. The Labute approximate surface area is 172 Å². The quantitative estimate of drug-likeness (QED) is 0.655. The lowest BCUT2D eigenvalue weighted by atomic mass is 9.85. The lowest BCUT2D eigenvalue weighted by Crippen LogP contribution is -2.34. The van der Waals surface area contributed by atoms with Crippen molar-refractivity contribution in [3.05, 3.63) is 53.2 Å². The Balaban J connectivity index is 1.69. The van der Waals surface area contributed by atoms with Crippen LogP contribution in [0.2, 0.25) is 0 Å². The van der Waals surface area contributed by atoms with E-state index in [0.29, 0.717) is 18.8 Å². The van der Waals surface area contributed by atoms with Gasteiger partial charge in [-0.1, -0.05) is 19.1 Å². The van der Waals surface area contributed by atoms with Crippen LogP contribution in [-0.2, 0) is 6.54 Å². The lowest BCUT2D eigenvalue weighted by Gasteiger charge is -2.33. The smallest absolute Gasteiger partial charge is 0.237 e. The third kappa shape index (κ3) is 5.38. The van der Waals surface area contributed by atoms with Crippen molar-refractivity contribution in [1.29, 1.82) is 0 Å². The summed E-state index contributed by atoms with van der Waals surface area (Å²) in [5.74, 6) is 0.243. The van der Waals surface area contributed by atoms with E-state index in [0.717, 1.165) is 37.2 Å². The molecule has 0 N–H and O–H groups in total. The zero-order valence-corrected chi connectivity index (χ0v) is 17.7. The molecule has 0 atom stereocenters. The third-order valence-electron chi connectivity index (χ3n) is 5.19. The Morgan fingerprint density at radius 3 is 2.55 bits per heavy atom. The van der Waals surface area contributed by atoms with E-state index in [-0.39, 0.29) is 22.9 Å². The number of ketones is 1. The maximum Gasteiger partial charge on any atom is 0.237 e. The van der Waals surface area contributed by atoms with Crippen LogP contribution in [0.4, 0.5) is 4.39 Å². The van der Waals surface area contributed by atoms with E-state index in [1.807, 2.05) is 26.8 Å². The van der Waals surface area contributed by atoms with Crippen molar-refractivity contribution in [2.75, 3.05) is 13.1 Å². The van der Waals surface area contributed by atoms with E-state index >= 15 is 0 Å². The second-order valence-electron chi connectivity index (χ2n) is 8.55. The minimum Gasteiger partial charge on any atom is -0.471 e. The van der Waals surface area contributed by atoms with Crippen molar-refractivity contribution in [2.24, 2.45) is 0 Å².